The van der Waals surface area contributed by atoms with Crippen LogP contribution in [0.3, 0.4) is 0 Å². The van der Waals surface area contributed by atoms with Crippen LogP contribution in [0.1, 0.15) is 41.5 Å². The quantitative estimate of drug-likeness (QED) is 0.320. The van der Waals surface area contributed by atoms with E-state index in [9.17, 15) is 4.79 Å². The van der Waals surface area contributed by atoms with Crippen molar-refractivity contribution in [2.75, 3.05) is 28.4 Å². The maximum absolute atomic E-state index is 12.7. The molecule has 0 N–H and O–H groups in total. The molecule has 0 radical (unpaired) electrons. The second-order valence-corrected chi connectivity index (χ2v) is 8.19. The molecule has 0 bridgehead atoms. The Hall–Kier alpha value is -4.27. The first-order valence-electron chi connectivity index (χ1n) is 11.4. The Morgan fingerprint density at radius 3 is 2.36 bits per heavy atom. The lowest BCUT2D eigenvalue weighted by Gasteiger charge is -2.23. The molecule has 0 fully saturated rings. The predicted octanol–water partition coefficient (Wildman–Crippen LogP) is 4.47. The summed E-state index contributed by atoms with van der Waals surface area (Å²) in [6.07, 6.45) is 3.77. The maximum atomic E-state index is 12.7. The monoisotopic (exact) mass is 491 g/mol. The van der Waals surface area contributed by atoms with Crippen molar-refractivity contribution in [2.24, 2.45) is 0 Å². The molecule has 0 saturated heterocycles. The minimum atomic E-state index is -0.507. The zero-order valence-electron chi connectivity index (χ0n) is 20.8. The van der Waals surface area contributed by atoms with Crippen LogP contribution < -0.4 is 18.9 Å². The Kier molecular flexibility index (Phi) is 7.58. The lowest BCUT2D eigenvalue weighted by molar-refractivity contribution is -0.143. The van der Waals surface area contributed by atoms with Crippen molar-refractivity contribution >= 4 is 17.6 Å². The largest absolute Gasteiger partial charge is 0.497 e. The summed E-state index contributed by atoms with van der Waals surface area (Å²) in [7, 11) is 6.24. The number of esters is 1. The van der Waals surface area contributed by atoms with Crippen LogP contribution in [-0.2, 0) is 16.1 Å². The molecule has 9 nitrogen and oxygen atoms in total. The van der Waals surface area contributed by atoms with E-state index in [4.69, 9.17) is 23.7 Å². The van der Waals surface area contributed by atoms with Crippen molar-refractivity contribution < 1.29 is 28.5 Å². The minimum absolute atomic E-state index is 0.479. The molecular formula is C27H29N3O6. The van der Waals surface area contributed by atoms with Gasteiger partial charge in [0.25, 0.3) is 0 Å². The second-order valence-electron chi connectivity index (χ2n) is 8.19. The van der Waals surface area contributed by atoms with E-state index in [-0.39, 0.29) is 0 Å². The van der Waals surface area contributed by atoms with Gasteiger partial charge in [0, 0.05) is 6.08 Å². The number of allylic oxidation sites excluding steroid dienone is 1. The highest BCUT2D eigenvalue weighted by Gasteiger charge is 2.31. The Balaban J connectivity index is 1.49. The molecule has 4 rings (SSSR count). The summed E-state index contributed by atoms with van der Waals surface area (Å²) < 4.78 is 28.8. The van der Waals surface area contributed by atoms with Gasteiger partial charge in [-0.15, -0.1) is 5.10 Å². The van der Waals surface area contributed by atoms with Gasteiger partial charge >= 0.3 is 5.97 Å². The van der Waals surface area contributed by atoms with Crippen LogP contribution in [0.5, 0.6) is 23.0 Å². The number of carbonyl (C=O) groups excluding carboxylic acids is 1. The van der Waals surface area contributed by atoms with Crippen LogP contribution in [-0.4, -0.2) is 49.4 Å². The smallest absolute Gasteiger partial charge is 0.331 e. The summed E-state index contributed by atoms with van der Waals surface area (Å²) in [5.74, 6) is 1.77. The molecule has 0 aliphatic heterocycles. The summed E-state index contributed by atoms with van der Waals surface area (Å²) in [6.45, 7) is 4.71. The number of carbonyl (C=O) groups is 1. The molecule has 0 saturated carbocycles. The van der Waals surface area contributed by atoms with E-state index in [2.05, 4.69) is 16.9 Å². The first-order valence-corrected chi connectivity index (χ1v) is 11.4. The average molecular weight is 492 g/mol. The molecule has 1 unspecified atom stereocenters. The van der Waals surface area contributed by atoms with Gasteiger partial charge in [-0.2, -0.15) is 0 Å². The minimum Gasteiger partial charge on any atom is -0.497 e. The lowest BCUT2D eigenvalue weighted by Crippen LogP contribution is -2.17. The number of hydrogen-bond donors (Lipinski definition) is 0. The second kappa shape index (κ2) is 11.0. The van der Waals surface area contributed by atoms with Gasteiger partial charge in [0.2, 0.25) is 5.75 Å². The number of ether oxygens (including phenoxy) is 5. The van der Waals surface area contributed by atoms with Crippen molar-refractivity contribution in [3.8, 4) is 23.0 Å². The molecule has 1 atom stereocenters. The molecule has 1 aliphatic carbocycles. The summed E-state index contributed by atoms with van der Waals surface area (Å²) in [5, 5.41) is 8.65. The van der Waals surface area contributed by atoms with E-state index in [1.54, 1.807) is 30.0 Å². The number of aromatic nitrogens is 3. The van der Waals surface area contributed by atoms with Crippen LogP contribution in [0.25, 0.3) is 11.6 Å². The van der Waals surface area contributed by atoms with Crippen molar-refractivity contribution in [2.45, 2.75) is 25.5 Å². The fourth-order valence-corrected chi connectivity index (χ4v) is 4.14. The van der Waals surface area contributed by atoms with Crippen LogP contribution in [0.2, 0.25) is 0 Å². The van der Waals surface area contributed by atoms with Gasteiger partial charge in [0.1, 0.15) is 17.5 Å². The standard InChI is InChI=1S/C27H29N3O6/c1-17-6-12-21(25-26(17)30(29-28-25)16-18-7-10-20(32-2)11-8-18)36-24(31)13-9-19-14-22(33-3)27(35-5)23(15-19)34-4/h7-11,13-15,21H,1,6,12,16H2,2-5H3. The number of methoxy groups -OCH3 is 4. The normalized spacial score (nSPS) is 14.9. The van der Waals surface area contributed by atoms with Gasteiger partial charge in [-0.05, 0) is 59.9 Å². The Morgan fingerprint density at radius 1 is 1.06 bits per heavy atom. The zero-order chi connectivity index (χ0) is 25.7. The summed E-state index contributed by atoms with van der Waals surface area (Å²) in [4.78, 5) is 12.7. The highest BCUT2D eigenvalue weighted by atomic mass is 16.5. The van der Waals surface area contributed by atoms with Crippen LogP contribution in [0.15, 0.2) is 49.1 Å². The number of benzene rings is 2. The Morgan fingerprint density at radius 2 is 1.75 bits per heavy atom. The third-order valence-corrected chi connectivity index (χ3v) is 5.96. The molecule has 36 heavy (non-hydrogen) atoms. The van der Waals surface area contributed by atoms with Crippen molar-refractivity contribution in [3.63, 3.8) is 0 Å². The van der Waals surface area contributed by atoms with Gasteiger partial charge in [-0.1, -0.05) is 23.9 Å². The summed E-state index contributed by atoms with van der Waals surface area (Å²) in [5.41, 5.74) is 4.09. The molecule has 0 spiro atoms. The molecule has 1 aromatic heterocycles. The Labute approximate surface area is 209 Å². The zero-order valence-corrected chi connectivity index (χ0v) is 20.8. The molecule has 2 aromatic carbocycles. The van der Waals surface area contributed by atoms with Gasteiger partial charge in [-0.3, -0.25) is 0 Å². The first-order chi connectivity index (χ1) is 17.5. The van der Waals surface area contributed by atoms with Crippen LogP contribution in [0, 0.1) is 0 Å². The number of nitrogens with zero attached hydrogens (tertiary/aromatic N) is 3. The summed E-state index contributed by atoms with van der Waals surface area (Å²) in [6, 6.07) is 11.3. The molecule has 0 amide bonds. The SMILES string of the molecule is C=C1CCC(OC(=O)C=Cc2cc(OC)c(OC)c(OC)c2)c2nnn(Cc3ccc(OC)cc3)c21. The van der Waals surface area contributed by atoms with E-state index in [1.807, 2.05) is 24.3 Å². The van der Waals surface area contributed by atoms with Crippen molar-refractivity contribution in [1.82, 2.24) is 15.0 Å². The van der Waals surface area contributed by atoms with E-state index < -0.39 is 12.1 Å². The van der Waals surface area contributed by atoms with E-state index >= 15 is 0 Å². The highest BCUT2D eigenvalue weighted by molar-refractivity contribution is 5.87. The third-order valence-electron chi connectivity index (χ3n) is 5.96. The molecule has 3 aromatic rings. The van der Waals surface area contributed by atoms with Gasteiger partial charge in [-0.25, -0.2) is 9.48 Å². The highest BCUT2D eigenvalue weighted by Crippen LogP contribution is 2.39. The number of fused-ring (bicyclic) bond motifs is 1. The van der Waals surface area contributed by atoms with Crippen molar-refractivity contribution in [1.29, 1.82) is 0 Å². The predicted molar refractivity (Wildman–Crippen MR) is 134 cm³/mol. The fourth-order valence-electron chi connectivity index (χ4n) is 4.14. The fraction of sp³-hybridized carbons (Fsp3) is 0.296. The molecule has 188 valence electrons. The molecular weight excluding hydrogens is 462 g/mol. The van der Waals surface area contributed by atoms with E-state index in [1.165, 1.54) is 27.4 Å². The van der Waals surface area contributed by atoms with Gasteiger partial charge in [0.15, 0.2) is 11.5 Å². The van der Waals surface area contributed by atoms with Gasteiger partial charge in [0.05, 0.1) is 40.7 Å². The van der Waals surface area contributed by atoms with Crippen molar-refractivity contribution in [3.05, 3.63) is 71.6 Å². The molecule has 1 aliphatic rings. The first kappa shape index (κ1) is 24.8. The van der Waals surface area contributed by atoms with Crippen LogP contribution >= 0.6 is 0 Å². The Bertz CT molecular complexity index is 1250. The van der Waals surface area contributed by atoms with E-state index in [0.717, 1.165) is 22.6 Å². The van der Waals surface area contributed by atoms with E-state index in [0.29, 0.717) is 47.9 Å². The topological polar surface area (TPSA) is 93.9 Å². The molecule has 9 heteroatoms. The average Bonchev–Trinajstić information content (AvgIpc) is 3.33. The van der Waals surface area contributed by atoms with Gasteiger partial charge < -0.3 is 23.7 Å². The number of hydrogen-bond acceptors (Lipinski definition) is 8. The maximum Gasteiger partial charge on any atom is 0.331 e. The number of rotatable bonds is 9. The summed E-state index contributed by atoms with van der Waals surface area (Å²) >= 11 is 0. The van der Waals surface area contributed by atoms with Crippen LogP contribution in [0.4, 0.5) is 0 Å². The third kappa shape index (κ3) is 5.19. The lowest BCUT2D eigenvalue weighted by atomic mass is 9.94. The molecule has 1 heterocycles.